The molecule has 0 amide bonds. The zero-order valence-electron chi connectivity index (χ0n) is 11.9. The molecule has 0 aliphatic rings. The molecule has 112 valence electrons. The van der Waals surface area contributed by atoms with Crippen LogP contribution in [0.4, 0.5) is 4.39 Å². The van der Waals surface area contributed by atoms with Crippen molar-refractivity contribution in [2.45, 2.75) is 26.2 Å². The van der Waals surface area contributed by atoms with Crippen molar-refractivity contribution in [3.8, 4) is 0 Å². The molecule has 3 nitrogen and oxygen atoms in total. The summed E-state index contributed by atoms with van der Waals surface area (Å²) in [5.41, 5.74) is 11.3. The molecule has 0 bridgehead atoms. The number of rotatable bonds is 6. The van der Waals surface area contributed by atoms with Crippen molar-refractivity contribution in [1.82, 2.24) is 10.4 Å². The highest BCUT2D eigenvalue weighted by molar-refractivity contribution is 9.10. The maximum atomic E-state index is 13.2. The van der Waals surface area contributed by atoms with Gasteiger partial charge in [0.05, 0.1) is 6.17 Å². The molecule has 5 heteroatoms. The van der Waals surface area contributed by atoms with E-state index >= 15 is 0 Å². The van der Waals surface area contributed by atoms with E-state index in [9.17, 15) is 4.39 Å². The van der Waals surface area contributed by atoms with E-state index in [1.54, 1.807) is 6.07 Å². The third kappa shape index (κ3) is 5.21. The lowest BCUT2D eigenvalue weighted by atomic mass is 10.2. The standard InChI is InChI=1S/C16H19BrFN3/c1-12(19)21(11-13-5-7-15(17)8-6-13)20-10-14-3-2-4-16(18)9-14/h2-9,12,20H,10-11,19H2,1H3. The lowest BCUT2D eigenvalue weighted by Gasteiger charge is -2.27. The Kier molecular flexibility index (Phi) is 5.87. The van der Waals surface area contributed by atoms with Crippen LogP contribution in [-0.2, 0) is 13.1 Å². The second-order valence-corrected chi connectivity index (χ2v) is 5.88. The average Bonchev–Trinajstić information content (AvgIpc) is 2.45. The Labute approximate surface area is 133 Å². The minimum absolute atomic E-state index is 0.151. The molecule has 0 saturated heterocycles. The Morgan fingerprint density at radius 1 is 1.19 bits per heavy atom. The second kappa shape index (κ2) is 7.66. The van der Waals surface area contributed by atoms with Gasteiger partial charge in [-0.3, -0.25) is 0 Å². The van der Waals surface area contributed by atoms with E-state index in [4.69, 9.17) is 5.73 Å². The van der Waals surface area contributed by atoms with Gasteiger partial charge in [-0.05, 0) is 42.3 Å². The van der Waals surface area contributed by atoms with Crippen LogP contribution in [0.2, 0.25) is 0 Å². The quantitative estimate of drug-likeness (QED) is 0.619. The highest BCUT2D eigenvalue weighted by Gasteiger charge is 2.10. The Hall–Kier alpha value is -1.27. The van der Waals surface area contributed by atoms with E-state index in [0.717, 1.165) is 15.6 Å². The molecule has 0 aliphatic carbocycles. The number of nitrogens with one attached hydrogen (secondary N) is 1. The van der Waals surface area contributed by atoms with Crippen LogP contribution in [0.1, 0.15) is 18.1 Å². The van der Waals surface area contributed by atoms with Gasteiger partial charge in [0.15, 0.2) is 0 Å². The van der Waals surface area contributed by atoms with Crippen molar-refractivity contribution in [2.75, 3.05) is 0 Å². The first-order valence-corrected chi connectivity index (χ1v) is 7.58. The van der Waals surface area contributed by atoms with Gasteiger partial charge in [0.1, 0.15) is 5.82 Å². The number of halogens is 2. The van der Waals surface area contributed by atoms with E-state index in [-0.39, 0.29) is 12.0 Å². The van der Waals surface area contributed by atoms with Gasteiger partial charge >= 0.3 is 0 Å². The minimum Gasteiger partial charge on any atom is -0.315 e. The summed E-state index contributed by atoms with van der Waals surface area (Å²) in [5, 5.41) is 1.94. The van der Waals surface area contributed by atoms with Gasteiger partial charge in [0.25, 0.3) is 0 Å². The first-order chi connectivity index (χ1) is 10.0. The summed E-state index contributed by atoms with van der Waals surface area (Å²) < 4.78 is 14.2. The van der Waals surface area contributed by atoms with Gasteiger partial charge in [-0.2, -0.15) is 0 Å². The molecule has 0 aliphatic heterocycles. The SMILES string of the molecule is CC(N)N(Cc1ccc(Br)cc1)NCc1cccc(F)c1. The van der Waals surface area contributed by atoms with Crippen molar-refractivity contribution < 1.29 is 4.39 Å². The number of benzene rings is 2. The van der Waals surface area contributed by atoms with Gasteiger partial charge in [-0.15, -0.1) is 0 Å². The van der Waals surface area contributed by atoms with Crippen LogP contribution in [0.25, 0.3) is 0 Å². The van der Waals surface area contributed by atoms with Crippen LogP contribution >= 0.6 is 15.9 Å². The normalized spacial score (nSPS) is 12.6. The average molecular weight is 352 g/mol. The molecule has 2 aromatic carbocycles. The Balaban J connectivity index is 1.97. The van der Waals surface area contributed by atoms with E-state index < -0.39 is 0 Å². The summed E-state index contributed by atoms with van der Waals surface area (Å²) in [6.45, 7) is 3.13. The van der Waals surface area contributed by atoms with Crippen molar-refractivity contribution in [3.63, 3.8) is 0 Å². The third-order valence-electron chi connectivity index (χ3n) is 3.13. The maximum Gasteiger partial charge on any atom is 0.123 e. The van der Waals surface area contributed by atoms with Crippen LogP contribution in [0.3, 0.4) is 0 Å². The van der Waals surface area contributed by atoms with E-state index in [1.807, 2.05) is 42.3 Å². The zero-order valence-corrected chi connectivity index (χ0v) is 13.5. The van der Waals surface area contributed by atoms with E-state index in [1.165, 1.54) is 12.1 Å². The summed E-state index contributed by atoms with van der Waals surface area (Å²) in [6, 6.07) is 14.6. The molecule has 0 spiro atoms. The van der Waals surface area contributed by atoms with E-state index in [0.29, 0.717) is 13.1 Å². The molecule has 0 fully saturated rings. The molecule has 1 unspecified atom stereocenters. The lowest BCUT2D eigenvalue weighted by molar-refractivity contribution is 0.123. The molecule has 21 heavy (non-hydrogen) atoms. The van der Waals surface area contributed by atoms with Gasteiger partial charge in [0, 0.05) is 17.6 Å². The van der Waals surface area contributed by atoms with Crippen molar-refractivity contribution in [3.05, 3.63) is 69.9 Å². The number of hydrogen-bond donors (Lipinski definition) is 2. The molecule has 1 atom stereocenters. The van der Waals surface area contributed by atoms with Crippen LogP contribution in [0.5, 0.6) is 0 Å². The fourth-order valence-electron chi connectivity index (χ4n) is 1.97. The summed E-state index contributed by atoms with van der Waals surface area (Å²) in [5.74, 6) is -0.227. The molecule has 0 aromatic heterocycles. The Bertz CT molecular complexity index is 572. The van der Waals surface area contributed by atoms with Gasteiger partial charge in [0.2, 0.25) is 0 Å². The molecular formula is C16H19BrFN3. The van der Waals surface area contributed by atoms with Crippen LogP contribution in [0, 0.1) is 5.82 Å². The molecule has 2 aromatic rings. The third-order valence-corrected chi connectivity index (χ3v) is 3.66. The van der Waals surface area contributed by atoms with Crippen LogP contribution < -0.4 is 11.2 Å². The topological polar surface area (TPSA) is 41.3 Å². The molecule has 0 heterocycles. The number of hydrogen-bond acceptors (Lipinski definition) is 3. The molecule has 0 saturated carbocycles. The predicted octanol–water partition coefficient (Wildman–Crippen LogP) is 3.40. The molecule has 2 rings (SSSR count). The highest BCUT2D eigenvalue weighted by atomic mass is 79.9. The zero-order chi connectivity index (χ0) is 15.2. The molecule has 0 radical (unpaired) electrons. The van der Waals surface area contributed by atoms with Crippen molar-refractivity contribution in [2.24, 2.45) is 5.73 Å². The molecular weight excluding hydrogens is 333 g/mol. The van der Waals surface area contributed by atoms with Gasteiger partial charge in [-0.1, -0.05) is 40.2 Å². The Morgan fingerprint density at radius 2 is 1.90 bits per heavy atom. The van der Waals surface area contributed by atoms with Crippen LogP contribution in [0.15, 0.2) is 53.0 Å². The summed E-state index contributed by atoms with van der Waals surface area (Å²) in [6.07, 6.45) is -0.151. The smallest absolute Gasteiger partial charge is 0.123 e. The Morgan fingerprint density at radius 3 is 2.52 bits per heavy atom. The number of nitrogens with two attached hydrogens (primary N) is 1. The van der Waals surface area contributed by atoms with Crippen molar-refractivity contribution >= 4 is 15.9 Å². The first-order valence-electron chi connectivity index (χ1n) is 6.79. The van der Waals surface area contributed by atoms with Gasteiger partial charge in [-0.25, -0.2) is 14.8 Å². The second-order valence-electron chi connectivity index (χ2n) is 4.96. The summed E-state index contributed by atoms with van der Waals surface area (Å²) in [4.78, 5) is 0. The fraction of sp³-hybridized carbons (Fsp3) is 0.250. The van der Waals surface area contributed by atoms with Gasteiger partial charge < -0.3 is 5.73 Å². The van der Waals surface area contributed by atoms with Crippen molar-refractivity contribution in [1.29, 1.82) is 0 Å². The lowest BCUT2D eigenvalue weighted by Crippen LogP contribution is -2.47. The highest BCUT2D eigenvalue weighted by Crippen LogP contribution is 2.12. The predicted molar refractivity (Wildman–Crippen MR) is 86.6 cm³/mol. The maximum absolute atomic E-state index is 13.2. The largest absolute Gasteiger partial charge is 0.315 e. The van der Waals surface area contributed by atoms with E-state index in [2.05, 4.69) is 21.4 Å². The fourth-order valence-corrected chi connectivity index (χ4v) is 2.23. The summed E-state index contributed by atoms with van der Waals surface area (Å²) in [7, 11) is 0. The number of hydrazine groups is 1. The monoisotopic (exact) mass is 351 g/mol. The first kappa shape index (κ1) is 16.1. The summed E-state index contributed by atoms with van der Waals surface area (Å²) >= 11 is 3.42. The number of nitrogens with zero attached hydrogens (tertiary/aromatic N) is 1. The molecule has 3 N–H and O–H groups in total. The minimum atomic E-state index is -0.227. The van der Waals surface area contributed by atoms with Crippen LogP contribution in [-0.4, -0.2) is 11.2 Å².